The Kier molecular flexibility index (Phi) is 7.92. The predicted molar refractivity (Wildman–Crippen MR) is 123 cm³/mol. The van der Waals surface area contributed by atoms with Crippen molar-refractivity contribution in [2.24, 2.45) is 5.16 Å². The second-order valence-electron chi connectivity index (χ2n) is 8.90. The number of amides is 2. The number of hydrogen-bond donors (Lipinski definition) is 2. The maximum atomic E-state index is 14.6. The fraction of sp³-hybridized carbons (Fsp3) is 0.375. The van der Waals surface area contributed by atoms with Crippen molar-refractivity contribution in [2.45, 2.75) is 45.1 Å². The molecule has 1 unspecified atom stereocenters. The minimum absolute atomic E-state index is 0.0232. The van der Waals surface area contributed by atoms with E-state index in [1.165, 1.54) is 19.9 Å². The third kappa shape index (κ3) is 6.71. The molecule has 2 N–H and O–H groups in total. The van der Waals surface area contributed by atoms with E-state index in [1.54, 1.807) is 19.1 Å². The summed E-state index contributed by atoms with van der Waals surface area (Å²) in [6.45, 7) is 3.72. The van der Waals surface area contributed by atoms with Crippen LogP contribution in [-0.2, 0) is 15.8 Å². The van der Waals surface area contributed by atoms with Gasteiger partial charge in [0.15, 0.2) is 6.10 Å². The van der Waals surface area contributed by atoms with Crippen molar-refractivity contribution in [2.75, 3.05) is 13.1 Å². The molecule has 0 aliphatic carbocycles. The number of halogens is 6. The van der Waals surface area contributed by atoms with Gasteiger partial charge in [-0.2, -0.15) is 13.2 Å². The Morgan fingerprint density at radius 3 is 2.44 bits per heavy atom. The molecule has 1 atom stereocenters. The van der Waals surface area contributed by atoms with Gasteiger partial charge in [-0.15, -0.1) is 0 Å². The summed E-state index contributed by atoms with van der Waals surface area (Å²) >= 11 is 5.77. The van der Waals surface area contributed by atoms with Gasteiger partial charge in [0.2, 0.25) is 5.91 Å². The highest BCUT2D eigenvalue weighted by Crippen LogP contribution is 2.39. The molecule has 1 aliphatic heterocycles. The topological polar surface area (TPSA) is 79.8 Å². The van der Waals surface area contributed by atoms with Crippen molar-refractivity contribution >= 4 is 29.1 Å². The highest BCUT2D eigenvalue weighted by atomic mass is 35.5. The maximum Gasteiger partial charge on any atom is 0.419 e. The molecule has 36 heavy (non-hydrogen) atoms. The third-order valence-corrected chi connectivity index (χ3v) is 5.52. The van der Waals surface area contributed by atoms with Crippen LogP contribution < -0.4 is 10.6 Å². The van der Waals surface area contributed by atoms with E-state index in [-0.39, 0.29) is 35.7 Å². The quantitative estimate of drug-likeness (QED) is 0.478. The first-order valence-corrected chi connectivity index (χ1v) is 11.2. The number of hydrogen-bond acceptors (Lipinski definition) is 4. The lowest BCUT2D eigenvalue weighted by atomic mass is 9.96. The molecule has 0 spiro atoms. The number of aryl methyl sites for hydroxylation is 1. The molecule has 2 aromatic carbocycles. The molecule has 0 bridgehead atoms. The molecule has 0 saturated heterocycles. The summed E-state index contributed by atoms with van der Waals surface area (Å²) in [6, 6.07) is 6.23. The zero-order valence-electron chi connectivity index (χ0n) is 19.5. The van der Waals surface area contributed by atoms with Crippen LogP contribution in [0.5, 0.6) is 0 Å². The van der Waals surface area contributed by atoms with Gasteiger partial charge in [-0.05, 0) is 56.2 Å². The molecule has 0 aromatic heterocycles. The standard InChI is InChI=1S/C24H23ClF5N3O3/c1-12-6-13(4-5-15(12)22(35)31-10-20(34)32-11-23(2,3)27)18-9-19(36-33-18)16-7-14(25)8-17(21(16)26)24(28,29)30/h4-8,19H,9-11H2,1-3H3,(H,31,35)(H,32,34). The Hall–Kier alpha value is -3.21. The van der Waals surface area contributed by atoms with E-state index in [2.05, 4.69) is 15.8 Å². The third-order valence-electron chi connectivity index (χ3n) is 5.31. The number of nitrogens with one attached hydrogen (secondary N) is 2. The van der Waals surface area contributed by atoms with Crippen LogP contribution in [0.3, 0.4) is 0 Å². The van der Waals surface area contributed by atoms with Gasteiger partial charge in [0, 0.05) is 22.6 Å². The van der Waals surface area contributed by atoms with Crippen LogP contribution >= 0.6 is 11.6 Å². The van der Waals surface area contributed by atoms with Crippen LogP contribution in [0.2, 0.25) is 5.02 Å². The molecule has 0 fully saturated rings. The lowest BCUT2D eigenvalue weighted by Gasteiger charge is -2.15. The van der Waals surface area contributed by atoms with Gasteiger partial charge in [0.1, 0.15) is 11.5 Å². The van der Waals surface area contributed by atoms with Gasteiger partial charge in [-0.25, -0.2) is 8.78 Å². The summed E-state index contributed by atoms with van der Waals surface area (Å²) in [5, 5.41) is 8.41. The Morgan fingerprint density at radius 1 is 1.14 bits per heavy atom. The van der Waals surface area contributed by atoms with Crippen molar-refractivity contribution in [3.63, 3.8) is 0 Å². The number of rotatable bonds is 7. The number of carbonyl (C=O) groups excluding carboxylic acids is 2. The van der Waals surface area contributed by atoms with E-state index in [9.17, 15) is 31.5 Å². The number of oxime groups is 1. The molecular weight excluding hydrogens is 509 g/mol. The number of carbonyl (C=O) groups is 2. The van der Waals surface area contributed by atoms with Gasteiger partial charge < -0.3 is 15.5 Å². The highest BCUT2D eigenvalue weighted by Gasteiger charge is 2.38. The van der Waals surface area contributed by atoms with Gasteiger partial charge in [-0.3, -0.25) is 9.59 Å². The van der Waals surface area contributed by atoms with Crippen molar-refractivity contribution < 1.29 is 36.4 Å². The van der Waals surface area contributed by atoms with E-state index in [0.29, 0.717) is 22.9 Å². The first kappa shape index (κ1) is 27.4. The predicted octanol–water partition coefficient (Wildman–Crippen LogP) is 5.27. The fourth-order valence-corrected chi connectivity index (χ4v) is 3.72. The second kappa shape index (κ2) is 10.4. The van der Waals surface area contributed by atoms with E-state index < -0.39 is 41.1 Å². The Bertz CT molecular complexity index is 1210. The zero-order valence-corrected chi connectivity index (χ0v) is 20.3. The Labute approximate surface area is 208 Å². The summed E-state index contributed by atoms with van der Waals surface area (Å²) in [6.07, 6.45) is -6.06. The van der Waals surface area contributed by atoms with Crippen LogP contribution in [0.15, 0.2) is 35.5 Å². The summed E-state index contributed by atoms with van der Waals surface area (Å²) < 4.78 is 67.4. The Balaban J connectivity index is 1.67. The van der Waals surface area contributed by atoms with Crippen LogP contribution in [0, 0.1) is 12.7 Å². The first-order valence-electron chi connectivity index (χ1n) is 10.8. The first-order chi connectivity index (χ1) is 16.7. The maximum absolute atomic E-state index is 14.6. The normalized spacial score (nSPS) is 15.8. The van der Waals surface area contributed by atoms with E-state index >= 15 is 0 Å². The minimum atomic E-state index is -4.93. The molecule has 12 heteroatoms. The second-order valence-corrected chi connectivity index (χ2v) is 9.33. The zero-order chi connectivity index (χ0) is 26.8. The molecule has 2 aromatic rings. The summed E-state index contributed by atoms with van der Waals surface area (Å²) in [5.41, 5.74) is -1.79. The number of alkyl halides is 4. The van der Waals surface area contributed by atoms with Crippen LogP contribution in [0.1, 0.15) is 59.0 Å². The van der Waals surface area contributed by atoms with Crippen molar-refractivity contribution in [1.82, 2.24) is 10.6 Å². The lowest BCUT2D eigenvalue weighted by molar-refractivity contribution is -0.140. The molecule has 3 rings (SSSR count). The van der Waals surface area contributed by atoms with Crippen molar-refractivity contribution in [1.29, 1.82) is 0 Å². The molecular formula is C24H23ClF5N3O3. The molecule has 0 radical (unpaired) electrons. The lowest BCUT2D eigenvalue weighted by Crippen LogP contribution is -2.41. The minimum Gasteiger partial charge on any atom is -0.387 e. The summed E-state index contributed by atoms with van der Waals surface area (Å²) in [4.78, 5) is 29.5. The average Bonchev–Trinajstić information content (AvgIpc) is 3.26. The number of nitrogens with zero attached hydrogens (tertiary/aromatic N) is 1. The molecule has 1 heterocycles. The fourth-order valence-electron chi connectivity index (χ4n) is 3.49. The van der Waals surface area contributed by atoms with Gasteiger partial charge in [0.05, 0.1) is 24.4 Å². The van der Waals surface area contributed by atoms with Crippen LogP contribution in [0.25, 0.3) is 0 Å². The van der Waals surface area contributed by atoms with Gasteiger partial charge in [-0.1, -0.05) is 22.8 Å². The average molecular weight is 532 g/mol. The van der Waals surface area contributed by atoms with E-state index in [1.807, 2.05) is 0 Å². The van der Waals surface area contributed by atoms with Gasteiger partial charge >= 0.3 is 6.18 Å². The van der Waals surface area contributed by atoms with E-state index in [4.69, 9.17) is 16.4 Å². The Morgan fingerprint density at radius 2 is 1.83 bits per heavy atom. The van der Waals surface area contributed by atoms with Gasteiger partial charge in [0.25, 0.3) is 5.91 Å². The largest absolute Gasteiger partial charge is 0.419 e. The van der Waals surface area contributed by atoms with Crippen LogP contribution in [0.4, 0.5) is 22.0 Å². The molecule has 2 amide bonds. The van der Waals surface area contributed by atoms with Crippen molar-refractivity contribution in [3.8, 4) is 0 Å². The molecule has 1 aliphatic rings. The summed E-state index contributed by atoms with van der Waals surface area (Å²) in [7, 11) is 0. The number of benzene rings is 2. The van der Waals surface area contributed by atoms with E-state index in [0.717, 1.165) is 6.07 Å². The van der Waals surface area contributed by atoms with Crippen molar-refractivity contribution in [3.05, 3.63) is 69.0 Å². The summed E-state index contributed by atoms with van der Waals surface area (Å²) in [5.74, 6) is -2.55. The smallest absolute Gasteiger partial charge is 0.387 e. The SMILES string of the molecule is Cc1cc(C2=NOC(c3cc(Cl)cc(C(F)(F)F)c3F)C2)ccc1C(=O)NCC(=O)NCC(C)(C)F. The molecule has 194 valence electrons. The van der Waals surface area contributed by atoms with Crippen LogP contribution in [-0.4, -0.2) is 36.3 Å². The highest BCUT2D eigenvalue weighted by molar-refractivity contribution is 6.30. The molecule has 6 nitrogen and oxygen atoms in total. The molecule has 0 saturated carbocycles. The monoisotopic (exact) mass is 531 g/mol.